The number of nitrogens with zero attached hydrogens (tertiary/aromatic N) is 1. The van der Waals surface area contributed by atoms with Crippen molar-refractivity contribution in [3.8, 4) is 0 Å². The number of aliphatic hydroxyl groups excluding tert-OH is 1. The summed E-state index contributed by atoms with van der Waals surface area (Å²) in [6.45, 7) is 6.08. The van der Waals surface area contributed by atoms with Crippen LogP contribution in [0.5, 0.6) is 0 Å². The topological polar surface area (TPSA) is 78.6 Å². The summed E-state index contributed by atoms with van der Waals surface area (Å²) in [6.07, 6.45) is 0.112. The fourth-order valence-electron chi connectivity index (χ4n) is 2.88. The Hall–Kier alpha value is -1.43. The summed E-state index contributed by atoms with van der Waals surface area (Å²) >= 11 is 0. The van der Waals surface area contributed by atoms with Crippen LogP contribution in [0.2, 0.25) is 0 Å². The number of nitrogens with two attached hydrogens (primary N) is 1. The van der Waals surface area contributed by atoms with Gasteiger partial charge in [0.2, 0.25) is 5.91 Å². The molecule has 22 heavy (non-hydrogen) atoms. The number of nitrogens with one attached hydrogen (secondary N) is 1. The van der Waals surface area contributed by atoms with Crippen LogP contribution >= 0.6 is 0 Å². The van der Waals surface area contributed by atoms with E-state index in [0.29, 0.717) is 25.4 Å². The number of benzene rings is 1. The third kappa shape index (κ3) is 4.80. The SMILES string of the molecule is CC(C)C[C@H](N)C(=O)NC1CN(Cc2ccccc2)CC1O. The average molecular weight is 305 g/mol. The van der Waals surface area contributed by atoms with E-state index in [4.69, 9.17) is 5.73 Å². The second-order valence-electron chi connectivity index (χ2n) is 6.60. The molecule has 2 unspecified atom stereocenters. The Labute approximate surface area is 132 Å². The minimum absolute atomic E-state index is 0.167. The second-order valence-corrected chi connectivity index (χ2v) is 6.60. The van der Waals surface area contributed by atoms with E-state index in [1.807, 2.05) is 32.0 Å². The standard InChI is InChI=1S/C17H27N3O2/c1-12(2)8-14(18)17(22)19-15-10-20(11-16(15)21)9-13-6-4-3-5-7-13/h3-7,12,14-16,21H,8-11,18H2,1-2H3,(H,19,22)/t14-,15?,16?/m0/s1. The van der Waals surface area contributed by atoms with E-state index < -0.39 is 12.1 Å². The number of hydrogen-bond donors (Lipinski definition) is 3. The van der Waals surface area contributed by atoms with Crippen molar-refractivity contribution in [1.82, 2.24) is 10.2 Å². The third-order valence-electron chi connectivity index (χ3n) is 4.00. The average Bonchev–Trinajstić information content (AvgIpc) is 2.79. The molecule has 5 nitrogen and oxygen atoms in total. The quantitative estimate of drug-likeness (QED) is 0.724. The Balaban J connectivity index is 1.84. The van der Waals surface area contributed by atoms with Crippen molar-refractivity contribution >= 4 is 5.91 Å². The summed E-state index contributed by atoms with van der Waals surface area (Å²) < 4.78 is 0. The van der Waals surface area contributed by atoms with Gasteiger partial charge in [-0.1, -0.05) is 44.2 Å². The van der Waals surface area contributed by atoms with Crippen LogP contribution in [0.4, 0.5) is 0 Å². The Morgan fingerprint density at radius 3 is 2.68 bits per heavy atom. The highest BCUT2D eigenvalue weighted by molar-refractivity contribution is 5.81. The molecular formula is C17H27N3O2. The number of rotatable bonds is 6. The molecule has 0 radical (unpaired) electrons. The van der Waals surface area contributed by atoms with Crippen molar-refractivity contribution in [2.75, 3.05) is 13.1 Å². The van der Waals surface area contributed by atoms with Gasteiger partial charge in [-0.2, -0.15) is 0 Å². The lowest BCUT2D eigenvalue weighted by molar-refractivity contribution is -0.123. The van der Waals surface area contributed by atoms with Gasteiger partial charge in [0.1, 0.15) is 0 Å². The smallest absolute Gasteiger partial charge is 0.237 e. The monoisotopic (exact) mass is 305 g/mol. The van der Waals surface area contributed by atoms with E-state index in [0.717, 1.165) is 6.54 Å². The molecule has 2 rings (SSSR count). The molecule has 0 aromatic heterocycles. The number of carbonyl (C=O) groups is 1. The largest absolute Gasteiger partial charge is 0.390 e. The molecule has 0 bridgehead atoms. The van der Waals surface area contributed by atoms with E-state index in [-0.39, 0.29) is 11.9 Å². The first-order chi connectivity index (χ1) is 10.5. The maximum absolute atomic E-state index is 12.1. The van der Waals surface area contributed by atoms with Crippen molar-refractivity contribution in [2.45, 2.75) is 45.0 Å². The van der Waals surface area contributed by atoms with E-state index in [1.54, 1.807) is 0 Å². The molecule has 4 N–H and O–H groups in total. The molecule has 3 atom stereocenters. The molecule has 0 aliphatic carbocycles. The molecule has 0 spiro atoms. The number of amides is 1. The van der Waals surface area contributed by atoms with Gasteiger partial charge in [-0.05, 0) is 17.9 Å². The van der Waals surface area contributed by atoms with Crippen molar-refractivity contribution < 1.29 is 9.90 Å². The van der Waals surface area contributed by atoms with Gasteiger partial charge in [-0.15, -0.1) is 0 Å². The minimum atomic E-state index is -0.543. The summed E-state index contributed by atoms with van der Waals surface area (Å²) in [5.41, 5.74) is 7.10. The molecule has 122 valence electrons. The predicted octanol–water partition coefficient (Wildman–Crippen LogP) is 0.721. The first-order valence-electron chi connectivity index (χ1n) is 7.96. The van der Waals surface area contributed by atoms with E-state index in [2.05, 4.69) is 22.3 Å². The lowest BCUT2D eigenvalue weighted by Crippen LogP contribution is -2.50. The zero-order valence-corrected chi connectivity index (χ0v) is 13.4. The molecule has 1 amide bonds. The third-order valence-corrected chi connectivity index (χ3v) is 4.00. The molecule has 1 fully saturated rings. The number of hydrogen-bond acceptors (Lipinski definition) is 4. The molecule has 0 saturated carbocycles. The van der Waals surface area contributed by atoms with Gasteiger partial charge in [-0.25, -0.2) is 0 Å². The van der Waals surface area contributed by atoms with Gasteiger partial charge < -0.3 is 16.2 Å². The first kappa shape index (κ1) is 16.9. The highest BCUT2D eigenvalue weighted by Crippen LogP contribution is 2.14. The number of likely N-dealkylation sites (tertiary alicyclic amines) is 1. The number of aliphatic hydroxyl groups is 1. The van der Waals surface area contributed by atoms with Crippen LogP contribution in [0.3, 0.4) is 0 Å². The Bertz CT molecular complexity index is 478. The van der Waals surface area contributed by atoms with Crippen LogP contribution in [-0.2, 0) is 11.3 Å². The van der Waals surface area contributed by atoms with E-state index >= 15 is 0 Å². The van der Waals surface area contributed by atoms with E-state index in [1.165, 1.54) is 5.56 Å². The minimum Gasteiger partial charge on any atom is -0.390 e. The molecular weight excluding hydrogens is 278 g/mol. The van der Waals surface area contributed by atoms with Crippen molar-refractivity contribution in [3.63, 3.8) is 0 Å². The molecule has 1 aromatic carbocycles. The van der Waals surface area contributed by atoms with Crippen LogP contribution in [-0.4, -0.2) is 47.2 Å². The molecule has 1 saturated heterocycles. The maximum atomic E-state index is 12.1. The maximum Gasteiger partial charge on any atom is 0.237 e. The number of carbonyl (C=O) groups excluding carboxylic acids is 1. The van der Waals surface area contributed by atoms with E-state index in [9.17, 15) is 9.90 Å². The summed E-state index contributed by atoms with van der Waals surface area (Å²) in [5.74, 6) is 0.211. The van der Waals surface area contributed by atoms with Gasteiger partial charge in [0.05, 0.1) is 18.2 Å². The van der Waals surface area contributed by atoms with Crippen LogP contribution in [0.1, 0.15) is 25.8 Å². The Morgan fingerprint density at radius 2 is 2.05 bits per heavy atom. The fourth-order valence-corrected chi connectivity index (χ4v) is 2.88. The summed E-state index contributed by atoms with van der Waals surface area (Å²) in [4.78, 5) is 14.2. The van der Waals surface area contributed by atoms with Crippen LogP contribution < -0.4 is 11.1 Å². The predicted molar refractivity (Wildman–Crippen MR) is 87.1 cm³/mol. The normalized spacial score (nSPS) is 23.7. The van der Waals surface area contributed by atoms with Crippen molar-refractivity contribution in [2.24, 2.45) is 11.7 Å². The highest BCUT2D eigenvalue weighted by Gasteiger charge is 2.33. The lowest BCUT2D eigenvalue weighted by Gasteiger charge is -2.20. The molecule has 5 heteroatoms. The second kappa shape index (κ2) is 7.72. The Kier molecular flexibility index (Phi) is 5.94. The summed E-state index contributed by atoms with van der Waals surface area (Å²) in [7, 11) is 0. The van der Waals surface area contributed by atoms with Crippen molar-refractivity contribution in [3.05, 3.63) is 35.9 Å². The van der Waals surface area contributed by atoms with Gasteiger partial charge in [-0.3, -0.25) is 9.69 Å². The molecule has 1 aromatic rings. The lowest BCUT2D eigenvalue weighted by atomic mass is 10.0. The zero-order valence-electron chi connectivity index (χ0n) is 13.4. The molecule has 1 aliphatic heterocycles. The van der Waals surface area contributed by atoms with Crippen LogP contribution in [0, 0.1) is 5.92 Å². The van der Waals surface area contributed by atoms with Gasteiger partial charge >= 0.3 is 0 Å². The van der Waals surface area contributed by atoms with Gasteiger partial charge in [0, 0.05) is 19.6 Å². The van der Waals surface area contributed by atoms with Gasteiger partial charge in [0.15, 0.2) is 0 Å². The van der Waals surface area contributed by atoms with Crippen LogP contribution in [0.25, 0.3) is 0 Å². The highest BCUT2D eigenvalue weighted by atomic mass is 16.3. The fraction of sp³-hybridized carbons (Fsp3) is 0.588. The van der Waals surface area contributed by atoms with Crippen LogP contribution in [0.15, 0.2) is 30.3 Å². The summed E-state index contributed by atoms with van der Waals surface area (Å²) in [6, 6.07) is 9.39. The first-order valence-corrected chi connectivity index (χ1v) is 7.96. The zero-order chi connectivity index (χ0) is 16.1. The van der Waals surface area contributed by atoms with Crippen molar-refractivity contribution in [1.29, 1.82) is 0 Å². The molecule has 1 heterocycles. The summed E-state index contributed by atoms with van der Waals surface area (Å²) in [5, 5.41) is 13.0. The number of β-amino-alcohol motifs (C(OH)–C–C–N with tert-alkyl or cyclic N) is 1. The molecule has 1 aliphatic rings. The van der Waals surface area contributed by atoms with Gasteiger partial charge in [0.25, 0.3) is 0 Å². The Morgan fingerprint density at radius 1 is 1.36 bits per heavy atom.